The summed E-state index contributed by atoms with van der Waals surface area (Å²) < 4.78 is 5.98. The number of ether oxygens (including phenoxy) is 1. The zero-order valence-electron chi connectivity index (χ0n) is 8.98. The topological polar surface area (TPSA) is 22.1 Å². The molecule has 0 saturated heterocycles. The van der Waals surface area contributed by atoms with E-state index in [-0.39, 0.29) is 0 Å². The maximum atomic E-state index is 6.10. The number of pyridine rings is 1. The molecule has 5 heteroatoms. The lowest BCUT2D eigenvalue weighted by Gasteiger charge is -2.04. The molecule has 0 atom stereocenters. The van der Waals surface area contributed by atoms with Gasteiger partial charge in [-0.1, -0.05) is 23.4 Å². The molecule has 2 nitrogen and oxygen atoms in total. The second-order valence-corrected chi connectivity index (χ2v) is 5.60. The fourth-order valence-corrected chi connectivity index (χ4v) is 2.73. The van der Waals surface area contributed by atoms with Gasteiger partial charge in [0.15, 0.2) is 0 Å². The first kappa shape index (κ1) is 12.7. The summed E-state index contributed by atoms with van der Waals surface area (Å²) in [4.78, 5) is 5.34. The predicted octanol–water partition coefficient (Wildman–Crippen LogP) is 4.66. The molecule has 1 aromatic heterocycles. The van der Waals surface area contributed by atoms with Crippen molar-refractivity contribution < 1.29 is 4.74 Å². The number of methoxy groups -OCH3 is 1. The quantitative estimate of drug-likeness (QED) is 0.817. The number of benzene rings is 1. The Morgan fingerprint density at radius 3 is 2.59 bits per heavy atom. The molecular weight excluding hydrogens is 322 g/mol. The van der Waals surface area contributed by atoms with Crippen LogP contribution in [0.2, 0.25) is 5.02 Å². The Labute approximate surface area is 117 Å². The van der Waals surface area contributed by atoms with E-state index in [2.05, 4.69) is 20.9 Å². The molecule has 0 saturated carbocycles. The molecule has 0 spiro atoms. The minimum atomic E-state index is 0.639. The van der Waals surface area contributed by atoms with Crippen molar-refractivity contribution in [3.63, 3.8) is 0 Å². The Kier molecular flexibility index (Phi) is 4.31. The van der Waals surface area contributed by atoms with Crippen LogP contribution in [0.3, 0.4) is 0 Å². The molecule has 0 radical (unpaired) electrons. The van der Waals surface area contributed by atoms with Crippen molar-refractivity contribution in [3.8, 4) is 5.75 Å². The molecule has 1 heterocycles. The second-order valence-electron chi connectivity index (χ2n) is 3.22. The summed E-state index contributed by atoms with van der Waals surface area (Å²) in [5, 5.41) is 1.43. The zero-order chi connectivity index (χ0) is 12.3. The number of nitrogens with zero attached hydrogens (tertiary/aromatic N) is 1. The van der Waals surface area contributed by atoms with E-state index in [4.69, 9.17) is 16.3 Å². The molecular formula is C12H9BrClNOS. The zero-order valence-corrected chi connectivity index (χ0v) is 12.1. The number of hydrogen-bond donors (Lipinski definition) is 0. The van der Waals surface area contributed by atoms with Crippen LogP contribution >= 0.6 is 39.3 Å². The Bertz CT molecular complexity index is 518. The lowest BCUT2D eigenvalue weighted by Crippen LogP contribution is -1.83. The third kappa shape index (κ3) is 3.37. The molecule has 0 aliphatic carbocycles. The van der Waals surface area contributed by atoms with Crippen LogP contribution in [0.15, 0.2) is 50.9 Å². The van der Waals surface area contributed by atoms with Crippen molar-refractivity contribution in [2.24, 2.45) is 0 Å². The van der Waals surface area contributed by atoms with Crippen LogP contribution in [-0.4, -0.2) is 12.1 Å². The highest BCUT2D eigenvalue weighted by Crippen LogP contribution is 2.33. The summed E-state index contributed by atoms with van der Waals surface area (Å²) in [6.07, 6.45) is 1.73. The van der Waals surface area contributed by atoms with Crippen LogP contribution in [0.5, 0.6) is 5.75 Å². The molecule has 17 heavy (non-hydrogen) atoms. The smallest absolute Gasteiger partial charge is 0.119 e. The fourth-order valence-electron chi connectivity index (χ4n) is 1.23. The highest BCUT2D eigenvalue weighted by molar-refractivity contribution is 9.10. The number of hydrogen-bond acceptors (Lipinski definition) is 3. The van der Waals surface area contributed by atoms with Crippen LogP contribution in [-0.2, 0) is 0 Å². The highest BCUT2D eigenvalue weighted by atomic mass is 79.9. The first-order chi connectivity index (χ1) is 8.19. The van der Waals surface area contributed by atoms with Crippen molar-refractivity contribution in [1.29, 1.82) is 0 Å². The highest BCUT2D eigenvalue weighted by Gasteiger charge is 2.05. The average Bonchev–Trinajstić information content (AvgIpc) is 2.34. The van der Waals surface area contributed by atoms with Crippen LogP contribution in [0.1, 0.15) is 0 Å². The van der Waals surface area contributed by atoms with Crippen molar-refractivity contribution in [2.45, 2.75) is 9.92 Å². The van der Waals surface area contributed by atoms with Crippen molar-refractivity contribution in [3.05, 3.63) is 46.0 Å². The van der Waals surface area contributed by atoms with Gasteiger partial charge in [0.1, 0.15) is 10.8 Å². The third-order valence-electron chi connectivity index (χ3n) is 2.05. The fraction of sp³-hybridized carbons (Fsp3) is 0.0833. The molecule has 2 rings (SSSR count). The summed E-state index contributed by atoms with van der Waals surface area (Å²) in [7, 11) is 1.65. The van der Waals surface area contributed by atoms with E-state index in [1.807, 2.05) is 30.3 Å². The third-order valence-corrected chi connectivity index (χ3v) is 3.91. The molecule has 0 fully saturated rings. The van der Waals surface area contributed by atoms with Gasteiger partial charge < -0.3 is 4.74 Å². The van der Waals surface area contributed by atoms with Crippen LogP contribution in [0, 0.1) is 0 Å². The van der Waals surface area contributed by atoms with Gasteiger partial charge in [-0.15, -0.1) is 0 Å². The van der Waals surface area contributed by atoms with Crippen molar-refractivity contribution in [2.75, 3.05) is 7.11 Å². The monoisotopic (exact) mass is 329 g/mol. The molecule has 0 aliphatic rings. The molecule has 1 aromatic carbocycles. The minimum Gasteiger partial charge on any atom is -0.497 e. The van der Waals surface area contributed by atoms with Gasteiger partial charge in [-0.05, 0) is 46.3 Å². The average molecular weight is 331 g/mol. The Morgan fingerprint density at radius 1 is 1.29 bits per heavy atom. The largest absolute Gasteiger partial charge is 0.497 e. The number of halogens is 2. The molecule has 0 bridgehead atoms. The predicted molar refractivity (Wildman–Crippen MR) is 74.1 cm³/mol. The first-order valence-electron chi connectivity index (χ1n) is 4.82. The molecule has 0 unspecified atom stereocenters. The Balaban J connectivity index is 2.19. The normalized spacial score (nSPS) is 10.3. The van der Waals surface area contributed by atoms with E-state index in [1.165, 1.54) is 11.8 Å². The van der Waals surface area contributed by atoms with E-state index in [9.17, 15) is 0 Å². The van der Waals surface area contributed by atoms with Crippen molar-refractivity contribution in [1.82, 2.24) is 4.98 Å². The summed E-state index contributed by atoms with van der Waals surface area (Å²) in [5.74, 6) is 0.837. The number of rotatable bonds is 3. The molecule has 0 N–H and O–H groups in total. The van der Waals surface area contributed by atoms with E-state index in [0.717, 1.165) is 20.1 Å². The van der Waals surface area contributed by atoms with Crippen LogP contribution < -0.4 is 4.74 Å². The summed E-state index contributed by atoms with van der Waals surface area (Å²) in [5.41, 5.74) is 0. The van der Waals surface area contributed by atoms with Gasteiger partial charge in [0.2, 0.25) is 0 Å². The van der Waals surface area contributed by atoms with Crippen molar-refractivity contribution >= 4 is 39.3 Å². The van der Waals surface area contributed by atoms with E-state index < -0.39 is 0 Å². The Hall–Kier alpha value is -0.710. The van der Waals surface area contributed by atoms with Gasteiger partial charge in [-0.2, -0.15) is 0 Å². The minimum absolute atomic E-state index is 0.639. The SMILES string of the molecule is COc1ccc(Sc2ncc(Br)cc2Cl)cc1. The maximum Gasteiger partial charge on any atom is 0.119 e. The molecule has 0 amide bonds. The van der Waals surface area contributed by atoms with Crippen LogP contribution in [0.25, 0.3) is 0 Å². The first-order valence-corrected chi connectivity index (χ1v) is 6.81. The molecule has 2 aromatic rings. The van der Waals surface area contributed by atoms with Gasteiger partial charge >= 0.3 is 0 Å². The van der Waals surface area contributed by atoms with E-state index >= 15 is 0 Å². The van der Waals surface area contributed by atoms with Crippen LogP contribution in [0.4, 0.5) is 0 Å². The molecule has 0 aliphatic heterocycles. The standard InChI is InChI=1S/C12H9BrClNOS/c1-16-9-2-4-10(5-3-9)17-12-11(14)6-8(13)7-15-12/h2-7H,1H3. The number of aromatic nitrogens is 1. The van der Waals surface area contributed by atoms with E-state index in [1.54, 1.807) is 13.3 Å². The van der Waals surface area contributed by atoms with E-state index in [0.29, 0.717) is 5.02 Å². The van der Waals surface area contributed by atoms with Gasteiger partial charge in [-0.25, -0.2) is 4.98 Å². The summed E-state index contributed by atoms with van der Waals surface area (Å²) in [6, 6.07) is 9.61. The Morgan fingerprint density at radius 2 is 2.00 bits per heavy atom. The lowest BCUT2D eigenvalue weighted by molar-refractivity contribution is 0.414. The molecule has 88 valence electrons. The summed E-state index contributed by atoms with van der Waals surface area (Å²) in [6.45, 7) is 0. The van der Waals surface area contributed by atoms with Gasteiger partial charge in [0, 0.05) is 15.6 Å². The van der Waals surface area contributed by atoms with Gasteiger partial charge in [0.05, 0.1) is 12.1 Å². The van der Waals surface area contributed by atoms with Gasteiger partial charge in [0.25, 0.3) is 0 Å². The second kappa shape index (κ2) is 5.76. The van der Waals surface area contributed by atoms with Gasteiger partial charge in [-0.3, -0.25) is 0 Å². The summed E-state index contributed by atoms with van der Waals surface area (Å²) >= 11 is 11.0. The maximum absolute atomic E-state index is 6.10. The lowest BCUT2D eigenvalue weighted by atomic mass is 10.3.